The lowest BCUT2D eigenvalue weighted by atomic mass is 9.63. The summed E-state index contributed by atoms with van der Waals surface area (Å²) < 4.78 is 12.0. The zero-order valence-corrected chi connectivity index (χ0v) is 25.6. The lowest BCUT2D eigenvalue weighted by molar-refractivity contribution is 0.0218. The van der Waals surface area contributed by atoms with Crippen LogP contribution in [0.5, 0.6) is 6.01 Å². The second kappa shape index (κ2) is 11.1. The third-order valence-electron chi connectivity index (χ3n) is 9.73. The number of rotatable bonds is 4. The van der Waals surface area contributed by atoms with E-state index in [0.717, 1.165) is 56.6 Å². The normalized spacial score (nSPS) is 26.6. The lowest BCUT2D eigenvalue weighted by Crippen LogP contribution is -2.55. The maximum absolute atomic E-state index is 12.8. The van der Waals surface area contributed by atoms with Crippen LogP contribution >= 0.6 is 0 Å². The minimum atomic E-state index is -0.502. The fourth-order valence-corrected chi connectivity index (χ4v) is 7.39. The van der Waals surface area contributed by atoms with E-state index in [1.165, 1.54) is 29.5 Å². The predicted molar refractivity (Wildman–Crippen MR) is 161 cm³/mol. The number of anilines is 1. The summed E-state index contributed by atoms with van der Waals surface area (Å²) in [5.74, 6) is 1.01. The first-order chi connectivity index (χ1) is 19.6. The summed E-state index contributed by atoms with van der Waals surface area (Å²) in [5.41, 5.74) is 5.20. The van der Waals surface area contributed by atoms with E-state index < -0.39 is 5.60 Å². The molecular formula is C33H47N5O3. The second-order valence-corrected chi connectivity index (χ2v) is 13.9. The highest BCUT2D eigenvalue weighted by Crippen LogP contribution is 2.47. The Kier molecular flexibility index (Phi) is 7.64. The van der Waals surface area contributed by atoms with Gasteiger partial charge in [0.2, 0.25) is 0 Å². The van der Waals surface area contributed by atoms with Crippen LogP contribution in [0, 0.1) is 5.41 Å². The molecule has 2 aromatic rings. The van der Waals surface area contributed by atoms with Crippen LogP contribution in [0.25, 0.3) is 0 Å². The summed E-state index contributed by atoms with van der Waals surface area (Å²) in [6.45, 7) is 11.6. The van der Waals surface area contributed by atoms with Crippen molar-refractivity contribution in [2.24, 2.45) is 5.41 Å². The van der Waals surface area contributed by atoms with Gasteiger partial charge in [-0.15, -0.1) is 0 Å². The van der Waals surface area contributed by atoms with Crippen molar-refractivity contribution in [1.82, 2.24) is 19.8 Å². The van der Waals surface area contributed by atoms with Crippen LogP contribution in [0.4, 0.5) is 10.6 Å². The third kappa shape index (κ3) is 6.04. The topological polar surface area (TPSA) is 71.0 Å². The molecule has 2 aliphatic heterocycles. The summed E-state index contributed by atoms with van der Waals surface area (Å²) >= 11 is 0. The Hall–Kier alpha value is -2.87. The summed E-state index contributed by atoms with van der Waals surface area (Å²) in [6.07, 6.45) is 8.71. The molecule has 0 N–H and O–H groups in total. The Morgan fingerprint density at radius 2 is 1.83 bits per heavy atom. The van der Waals surface area contributed by atoms with E-state index in [9.17, 15) is 4.79 Å². The quantitative estimate of drug-likeness (QED) is 0.517. The number of likely N-dealkylation sites (tertiary alicyclic amines) is 1. The van der Waals surface area contributed by atoms with Gasteiger partial charge in [0.1, 0.15) is 18.0 Å². The molecule has 0 bridgehead atoms. The summed E-state index contributed by atoms with van der Waals surface area (Å²) in [5, 5.41) is 0. The summed E-state index contributed by atoms with van der Waals surface area (Å²) in [7, 11) is 2.18. The van der Waals surface area contributed by atoms with Gasteiger partial charge < -0.3 is 24.2 Å². The first-order valence-electron chi connectivity index (χ1n) is 15.6. The number of benzene rings is 1. The number of piperazine rings is 1. The molecule has 1 amide bonds. The fraction of sp³-hybridized carbons (Fsp3) is 0.667. The van der Waals surface area contributed by atoms with Gasteiger partial charge in [0.05, 0.1) is 5.69 Å². The van der Waals surface area contributed by atoms with E-state index in [1.54, 1.807) is 0 Å². The number of hydrogen-bond acceptors (Lipinski definition) is 7. The predicted octanol–water partition coefficient (Wildman–Crippen LogP) is 5.06. The monoisotopic (exact) mass is 561 g/mol. The van der Waals surface area contributed by atoms with Crippen LogP contribution in [0.1, 0.15) is 75.8 Å². The van der Waals surface area contributed by atoms with Crippen molar-refractivity contribution in [3.8, 4) is 6.01 Å². The Bertz CT molecular complexity index is 1280. The van der Waals surface area contributed by atoms with Crippen molar-refractivity contribution in [2.75, 3.05) is 44.7 Å². The number of likely N-dealkylation sites (N-methyl/N-ethyl adjacent to an activating group) is 1. The highest BCUT2D eigenvalue weighted by molar-refractivity contribution is 5.69. The molecule has 4 aliphatic rings. The van der Waals surface area contributed by atoms with E-state index in [-0.39, 0.29) is 17.6 Å². The van der Waals surface area contributed by atoms with Crippen LogP contribution in [0.2, 0.25) is 0 Å². The number of aromatic nitrogens is 2. The Balaban J connectivity index is 1.26. The fourth-order valence-electron chi connectivity index (χ4n) is 7.39. The van der Waals surface area contributed by atoms with Crippen LogP contribution < -0.4 is 9.64 Å². The van der Waals surface area contributed by atoms with E-state index in [4.69, 9.17) is 19.4 Å². The van der Waals surface area contributed by atoms with E-state index in [2.05, 4.69) is 48.0 Å². The van der Waals surface area contributed by atoms with Crippen molar-refractivity contribution in [2.45, 2.75) is 96.7 Å². The Morgan fingerprint density at radius 1 is 1.05 bits per heavy atom. The number of hydrogen-bond donors (Lipinski definition) is 0. The zero-order valence-electron chi connectivity index (χ0n) is 25.6. The molecule has 0 radical (unpaired) electrons. The lowest BCUT2D eigenvalue weighted by Gasteiger charge is -2.44. The molecule has 1 spiro atoms. The number of amides is 1. The van der Waals surface area contributed by atoms with Crippen molar-refractivity contribution in [3.05, 3.63) is 46.6 Å². The first-order valence-corrected chi connectivity index (χ1v) is 15.6. The number of aryl methyl sites for hydroxylation is 1. The van der Waals surface area contributed by atoms with Crippen molar-refractivity contribution in [1.29, 1.82) is 0 Å². The average Bonchev–Trinajstić information content (AvgIpc) is 3.34. The molecule has 3 atom stereocenters. The molecule has 1 aromatic heterocycles. The minimum Gasteiger partial charge on any atom is -0.462 e. The van der Waals surface area contributed by atoms with Gasteiger partial charge in [-0.25, -0.2) is 4.79 Å². The van der Waals surface area contributed by atoms with Gasteiger partial charge in [0, 0.05) is 37.3 Å². The van der Waals surface area contributed by atoms with Crippen LogP contribution in [-0.4, -0.2) is 83.4 Å². The van der Waals surface area contributed by atoms with E-state index >= 15 is 0 Å². The minimum absolute atomic E-state index is 0.113. The van der Waals surface area contributed by atoms with Crippen molar-refractivity contribution >= 4 is 11.9 Å². The van der Waals surface area contributed by atoms with E-state index in [1.807, 2.05) is 25.7 Å². The molecule has 8 heteroatoms. The van der Waals surface area contributed by atoms with E-state index in [0.29, 0.717) is 38.3 Å². The molecule has 222 valence electrons. The maximum atomic E-state index is 12.8. The molecule has 41 heavy (non-hydrogen) atoms. The Labute approximate surface area is 245 Å². The smallest absolute Gasteiger partial charge is 0.410 e. The molecule has 3 heterocycles. The molecular weight excluding hydrogens is 514 g/mol. The average molecular weight is 562 g/mol. The standard InChI is InChI=1S/C33H47N5O3/c1-23-21-37(31(39)41-32(2,3)4)17-18-38(23)29-27-13-15-33(14-12-24-9-6-7-10-25(24)19-33)20-28(27)34-30(35-29)40-22-26-11-8-16-36(26)5/h6-7,9-10,23,26H,8,11-22H2,1-5H3/t23-,26-,33+/m0/s1. The van der Waals surface area contributed by atoms with Gasteiger partial charge in [0.25, 0.3) is 0 Å². The van der Waals surface area contributed by atoms with Crippen LogP contribution in [-0.2, 0) is 30.4 Å². The van der Waals surface area contributed by atoms with Gasteiger partial charge in [0.15, 0.2) is 0 Å². The Morgan fingerprint density at radius 3 is 2.56 bits per heavy atom. The molecule has 1 aromatic carbocycles. The number of fused-ring (bicyclic) bond motifs is 2. The summed E-state index contributed by atoms with van der Waals surface area (Å²) in [4.78, 5) is 29.6. The number of carbonyl (C=O) groups excluding carboxylic acids is 1. The van der Waals surface area contributed by atoms with Crippen molar-refractivity contribution in [3.63, 3.8) is 0 Å². The highest BCUT2D eigenvalue weighted by atomic mass is 16.6. The van der Waals surface area contributed by atoms with Gasteiger partial charge >= 0.3 is 12.1 Å². The maximum Gasteiger partial charge on any atom is 0.410 e. The molecule has 0 unspecified atom stereocenters. The number of nitrogens with zero attached hydrogens (tertiary/aromatic N) is 5. The van der Waals surface area contributed by atoms with Crippen LogP contribution in [0.15, 0.2) is 24.3 Å². The van der Waals surface area contributed by atoms with Crippen molar-refractivity contribution < 1.29 is 14.3 Å². The van der Waals surface area contributed by atoms with Gasteiger partial charge in [-0.3, -0.25) is 0 Å². The SMILES string of the molecule is C[C@H]1CN(C(=O)OC(C)(C)C)CCN1c1nc(OC[C@@H]2CCCN2C)nc2c1CC[C@@]1(CCc3ccccc3C1)C2. The molecule has 2 fully saturated rings. The summed E-state index contributed by atoms with van der Waals surface area (Å²) in [6, 6.07) is 9.99. The molecule has 6 rings (SSSR count). The third-order valence-corrected chi connectivity index (χ3v) is 9.73. The second-order valence-electron chi connectivity index (χ2n) is 13.9. The number of ether oxygens (including phenoxy) is 2. The van der Waals surface area contributed by atoms with Crippen LogP contribution in [0.3, 0.4) is 0 Å². The first kappa shape index (κ1) is 28.3. The van der Waals surface area contributed by atoms with Gasteiger partial charge in [-0.05, 0) is 109 Å². The molecule has 2 aliphatic carbocycles. The highest BCUT2D eigenvalue weighted by Gasteiger charge is 2.41. The largest absolute Gasteiger partial charge is 0.462 e. The molecule has 2 saturated heterocycles. The van der Waals surface area contributed by atoms with Gasteiger partial charge in [-0.2, -0.15) is 9.97 Å². The molecule has 8 nitrogen and oxygen atoms in total. The van der Waals surface area contributed by atoms with Gasteiger partial charge in [-0.1, -0.05) is 24.3 Å². The molecule has 0 saturated carbocycles. The zero-order chi connectivity index (χ0) is 28.8. The number of carbonyl (C=O) groups is 1.